The van der Waals surface area contributed by atoms with Crippen LogP contribution in [0.3, 0.4) is 0 Å². The Morgan fingerprint density at radius 2 is 1.89 bits per heavy atom. The zero-order valence-corrected chi connectivity index (χ0v) is 13.1. The van der Waals surface area contributed by atoms with Crippen LogP contribution in [0, 0.1) is 0 Å². The zero-order valence-electron chi connectivity index (χ0n) is 12.3. The van der Waals surface area contributed by atoms with Crippen LogP contribution in [0.2, 0.25) is 0 Å². The van der Waals surface area contributed by atoms with Crippen LogP contribution in [0.15, 0.2) is 41.8 Å². The van der Waals surface area contributed by atoms with Crippen LogP contribution in [0.4, 0.5) is 0 Å². The highest BCUT2D eigenvalue weighted by molar-refractivity contribution is 7.99. The minimum absolute atomic E-state index is 0.546. The lowest BCUT2D eigenvalue weighted by molar-refractivity contribution is 0.588. The van der Waals surface area contributed by atoms with Crippen molar-refractivity contribution in [1.82, 2.24) is 5.32 Å². The minimum Gasteiger partial charge on any atom is -0.310 e. The molecule has 106 valence electrons. The molecular formula is C17H27NS. The summed E-state index contributed by atoms with van der Waals surface area (Å²) >= 11 is 1.97. The number of thioether (sulfide) groups is 1. The van der Waals surface area contributed by atoms with Gasteiger partial charge in [0, 0.05) is 17.5 Å². The van der Waals surface area contributed by atoms with Gasteiger partial charge in [-0.15, -0.1) is 18.3 Å². The lowest BCUT2D eigenvalue weighted by Crippen LogP contribution is -2.21. The van der Waals surface area contributed by atoms with E-state index in [1.807, 2.05) is 17.8 Å². The van der Waals surface area contributed by atoms with Gasteiger partial charge in [0.2, 0.25) is 0 Å². The van der Waals surface area contributed by atoms with Crippen molar-refractivity contribution in [3.63, 3.8) is 0 Å². The maximum Gasteiger partial charge on any atom is 0.0207 e. The first kappa shape index (κ1) is 16.3. The molecule has 1 rings (SSSR count). The molecule has 0 aliphatic heterocycles. The molecule has 0 amide bonds. The highest BCUT2D eigenvalue weighted by Gasteiger charge is 1.97. The maximum atomic E-state index is 3.75. The van der Waals surface area contributed by atoms with Crippen molar-refractivity contribution in [2.75, 3.05) is 5.75 Å². The molecule has 2 heteroatoms. The Morgan fingerprint density at radius 3 is 2.53 bits per heavy atom. The van der Waals surface area contributed by atoms with Crippen molar-refractivity contribution in [2.24, 2.45) is 0 Å². The number of hydrogen-bond donors (Lipinski definition) is 1. The predicted molar refractivity (Wildman–Crippen MR) is 87.8 cm³/mol. The SMILES string of the molecule is C=CCCCCCSc1ccc(CNC(C)C)cc1. The summed E-state index contributed by atoms with van der Waals surface area (Å²) in [7, 11) is 0. The summed E-state index contributed by atoms with van der Waals surface area (Å²) < 4.78 is 0. The van der Waals surface area contributed by atoms with E-state index in [4.69, 9.17) is 0 Å². The Bertz CT molecular complexity index is 343. The van der Waals surface area contributed by atoms with Gasteiger partial charge in [-0.25, -0.2) is 0 Å². The third kappa shape index (κ3) is 8.12. The van der Waals surface area contributed by atoms with Gasteiger partial charge in [0.15, 0.2) is 0 Å². The number of allylic oxidation sites excluding steroid dienone is 1. The summed E-state index contributed by atoms with van der Waals surface area (Å²) in [4.78, 5) is 1.39. The smallest absolute Gasteiger partial charge is 0.0207 e. The second kappa shape index (κ2) is 10.1. The van der Waals surface area contributed by atoms with E-state index in [9.17, 15) is 0 Å². The summed E-state index contributed by atoms with van der Waals surface area (Å²) in [6.07, 6.45) is 7.06. The fourth-order valence-corrected chi connectivity index (χ4v) is 2.70. The van der Waals surface area contributed by atoms with Gasteiger partial charge < -0.3 is 5.32 Å². The monoisotopic (exact) mass is 277 g/mol. The Kier molecular flexibility index (Phi) is 8.68. The van der Waals surface area contributed by atoms with Crippen LogP contribution in [0.5, 0.6) is 0 Å². The molecule has 0 aliphatic rings. The highest BCUT2D eigenvalue weighted by Crippen LogP contribution is 2.20. The molecule has 0 spiro atoms. The van der Waals surface area contributed by atoms with E-state index < -0.39 is 0 Å². The fourth-order valence-electron chi connectivity index (χ4n) is 1.78. The molecule has 0 heterocycles. The Hall–Kier alpha value is -0.730. The normalized spacial score (nSPS) is 10.9. The van der Waals surface area contributed by atoms with Gasteiger partial charge in [0.25, 0.3) is 0 Å². The molecule has 0 aromatic heterocycles. The van der Waals surface area contributed by atoms with Crippen molar-refractivity contribution in [2.45, 2.75) is 57.0 Å². The highest BCUT2D eigenvalue weighted by atomic mass is 32.2. The van der Waals surface area contributed by atoms with E-state index >= 15 is 0 Å². The second-order valence-corrected chi connectivity index (χ2v) is 6.33. The maximum absolute atomic E-state index is 3.75. The van der Waals surface area contributed by atoms with Crippen LogP contribution in [-0.2, 0) is 6.54 Å². The average Bonchev–Trinajstić information content (AvgIpc) is 2.41. The van der Waals surface area contributed by atoms with Crippen LogP contribution in [-0.4, -0.2) is 11.8 Å². The van der Waals surface area contributed by atoms with E-state index in [0.29, 0.717) is 6.04 Å². The number of nitrogens with one attached hydrogen (secondary N) is 1. The van der Waals surface area contributed by atoms with Gasteiger partial charge in [-0.1, -0.05) is 38.5 Å². The second-order valence-electron chi connectivity index (χ2n) is 5.17. The van der Waals surface area contributed by atoms with Gasteiger partial charge in [-0.05, 0) is 42.7 Å². The van der Waals surface area contributed by atoms with E-state index in [0.717, 1.165) is 13.0 Å². The van der Waals surface area contributed by atoms with Crippen LogP contribution < -0.4 is 5.32 Å². The van der Waals surface area contributed by atoms with Crippen molar-refractivity contribution in [1.29, 1.82) is 0 Å². The quantitative estimate of drug-likeness (QED) is 0.366. The van der Waals surface area contributed by atoms with E-state index in [-0.39, 0.29) is 0 Å². The van der Waals surface area contributed by atoms with Crippen molar-refractivity contribution in [3.05, 3.63) is 42.5 Å². The number of benzene rings is 1. The van der Waals surface area contributed by atoms with E-state index in [1.165, 1.54) is 35.5 Å². The molecule has 1 nitrogen and oxygen atoms in total. The van der Waals surface area contributed by atoms with Crippen molar-refractivity contribution in [3.8, 4) is 0 Å². The zero-order chi connectivity index (χ0) is 13.9. The van der Waals surface area contributed by atoms with Gasteiger partial charge in [0.05, 0.1) is 0 Å². The summed E-state index contributed by atoms with van der Waals surface area (Å²) in [5.41, 5.74) is 1.36. The third-order valence-corrected chi connectivity index (χ3v) is 4.06. The largest absolute Gasteiger partial charge is 0.310 e. The topological polar surface area (TPSA) is 12.0 Å². The molecule has 0 saturated carbocycles. The molecule has 0 saturated heterocycles. The van der Waals surface area contributed by atoms with Crippen LogP contribution in [0.25, 0.3) is 0 Å². The summed E-state index contributed by atoms with van der Waals surface area (Å²) in [5.74, 6) is 1.22. The summed E-state index contributed by atoms with van der Waals surface area (Å²) in [5, 5.41) is 3.44. The number of rotatable bonds is 10. The average molecular weight is 277 g/mol. The Labute approximate surface area is 122 Å². The molecule has 0 unspecified atom stereocenters. The van der Waals surface area contributed by atoms with E-state index in [2.05, 4.69) is 50.0 Å². The molecule has 0 radical (unpaired) electrons. The predicted octanol–water partition coefficient (Wildman–Crippen LogP) is 5.02. The molecule has 0 bridgehead atoms. The van der Waals surface area contributed by atoms with Crippen LogP contribution in [0.1, 0.15) is 45.1 Å². The minimum atomic E-state index is 0.546. The molecule has 0 fully saturated rings. The number of unbranched alkanes of at least 4 members (excludes halogenated alkanes) is 3. The standard InChI is InChI=1S/C17H27NS/c1-4-5-6-7-8-13-19-17-11-9-16(10-12-17)14-18-15(2)3/h4,9-12,15,18H,1,5-8,13-14H2,2-3H3. The Morgan fingerprint density at radius 1 is 1.16 bits per heavy atom. The lowest BCUT2D eigenvalue weighted by atomic mass is 10.2. The fraction of sp³-hybridized carbons (Fsp3) is 0.529. The first-order valence-corrected chi connectivity index (χ1v) is 8.27. The molecule has 0 aliphatic carbocycles. The Balaban J connectivity index is 2.18. The molecule has 1 N–H and O–H groups in total. The molecule has 0 atom stereocenters. The lowest BCUT2D eigenvalue weighted by Gasteiger charge is -2.08. The molecule has 19 heavy (non-hydrogen) atoms. The molecule has 1 aromatic rings. The van der Waals surface area contributed by atoms with Gasteiger partial charge in [-0.2, -0.15) is 0 Å². The molecular weight excluding hydrogens is 250 g/mol. The van der Waals surface area contributed by atoms with Gasteiger partial charge in [-0.3, -0.25) is 0 Å². The first-order valence-electron chi connectivity index (χ1n) is 7.28. The van der Waals surface area contributed by atoms with Crippen molar-refractivity contribution < 1.29 is 0 Å². The van der Waals surface area contributed by atoms with E-state index in [1.54, 1.807) is 0 Å². The van der Waals surface area contributed by atoms with Gasteiger partial charge >= 0.3 is 0 Å². The third-order valence-electron chi connectivity index (χ3n) is 2.96. The van der Waals surface area contributed by atoms with Gasteiger partial charge in [0.1, 0.15) is 0 Å². The number of hydrogen-bond acceptors (Lipinski definition) is 2. The van der Waals surface area contributed by atoms with Crippen LogP contribution >= 0.6 is 11.8 Å². The molecule has 1 aromatic carbocycles. The summed E-state index contributed by atoms with van der Waals surface area (Å²) in [6, 6.07) is 9.49. The summed E-state index contributed by atoms with van der Waals surface area (Å²) in [6.45, 7) is 9.07. The van der Waals surface area contributed by atoms with Crippen molar-refractivity contribution >= 4 is 11.8 Å². The first-order chi connectivity index (χ1) is 9.22.